The highest BCUT2D eigenvalue weighted by molar-refractivity contribution is 6.31. The minimum Gasteiger partial charge on any atom is -0.497 e. The Morgan fingerprint density at radius 2 is 1.86 bits per heavy atom. The number of nitrogens with one attached hydrogen (secondary N) is 1. The molecule has 1 aliphatic carbocycles. The average molecular weight is 302 g/mol. The van der Waals surface area contributed by atoms with Crippen LogP contribution in [0.25, 0.3) is 0 Å². The number of hydrogen-bond acceptors (Lipinski definition) is 2. The summed E-state index contributed by atoms with van der Waals surface area (Å²) in [4.78, 5) is 0. The van der Waals surface area contributed by atoms with E-state index < -0.39 is 0 Å². The predicted octanol–water partition coefficient (Wildman–Crippen LogP) is 4.59. The highest BCUT2D eigenvalue weighted by atomic mass is 35.5. The Balaban J connectivity index is 1.71. The molecule has 1 atom stereocenters. The maximum atomic E-state index is 6.23. The van der Waals surface area contributed by atoms with Crippen LogP contribution in [0.5, 0.6) is 5.75 Å². The van der Waals surface area contributed by atoms with Crippen LogP contribution in [0.1, 0.15) is 30.0 Å². The van der Waals surface area contributed by atoms with E-state index in [0.29, 0.717) is 6.04 Å². The van der Waals surface area contributed by atoms with Gasteiger partial charge in [0, 0.05) is 17.6 Å². The number of halogens is 1. The normalized spacial score (nSPS) is 15.7. The second-order valence-electron chi connectivity index (χ2n) is 5.56. The summed E-state index contributed by atoms with van der Waals surface area (Å²) in [6.45, 7) is 0.798. The number of rotatable bonds is 6. The van der Waals surface area contributed by atoms with Gasteiger partial charge in [0.05, 0.1) is 7.11 Å². The van der Waals surface area contributed by atoms with Crippen molar-refractivity contribution in [3.8, 4) is 5.75 Å². The summed E-state index contributed by atoms with van der Waals surface area (Å²) in [5.74, 6) is 1.64. The SMILES string of the molecule is COc1ccc(C(NCc2ccccc2Cl)C2CC2)cc1. The molecule has 0 radical (unpaired) electrons. The standard InChI is InChI=1S/C18H20ClNO/c1-21-16-10-8-14(9-11-16)18(13-6-7-13)20-12-15-4-2-3-5-17(15)19/h2-5,8-11,13,18,20H,6-7,12H2,1H3. The van der Waals surface area contributed by atoms with Crippen LogP contribution in [0, 0.1) is 5.92 Å². The molecule has 110 valence electrons. The largest absolute Gasteiger partial charge is 0.497 e. The highest BCUT2D eigenvalue weighted by Crippen LogP contribution is 2.41. The highest BCUT2D eigenvalue weighted by Gasteiger charge is 2.31. The fourth-order valence-electron chi connectivity index (χ4n) is 2.66. The van der Waals surface area contributed by atoms with E-state index in [1.54, 1.807) is 7.11 Å². The van der Waals surface area contributed by atoms with E-state index in [0.717, 1.165) is 28.8 Å². The van der Waals surface area contributed by atoms with Crippen LogP contribution in [0.2, 0.25) is 5.02 Å². The Hall–Kier alpha value is -1.51. The summed E-state index contributed by atoms with van der Waals surface area (Å²) < 4.78 is 5.23. The summed E-state index contributed by atoms with van der Waals surface area (Å²) in [6.07, 6.45) is 2.60. The lowest BCUT2D eigenvalue weighted by Crippen LogP contribution is -2.22. The molecule has 0 saturated heterocycles. The van der Waals surface area contributed by atoms with Crippen molar-refractivity contribution in [1.82, 2.24) is 5.32 Å². The van der Waals surface area contributed by atoms with Gasteiger partial charge in [0.2, 0.25) is 0 Å². The summed E-state index contributed by atoms with van der Waals surface area (Å²) in [7, 11) is 1.70. The van der Waals surface area contributed by atoms with Crippen LogP contribution in [0.4, 0.5) is 0 Å². The van der Waals surface area contributed by atoms with Crippen LogP contribution < -0.4 is 10.1 Å². The predicted molar refractivity (Wildman–Crippen MR) is 86.8 cm³/mol. The van der Waals surface area contributed by atoms with Gasteiger partial charge < -0.3 is 10.1 Å². The third kappa shape index (κ3) is 3.58. The van der Waals surface area contributed by atoms with Gasteiger partial charge in [-0.05, 0) is 48.1 Å². The van der Waals surface area contributed by atoms with Gasteiger partial charge in [-0.1, -0.05) is 41.9 Å². The molecule has 1 fully saturated rings. The molecule has 2 nitrogen and oxygen atoms in total. The quantitative estimate of drug-likeness (QED) is 0.842. The number of benzene rings is 2. The second kappa shape index (κ2) is 6.50. The zero-order valence-electron chi connectivity index (χ0n) is 12.2. The van der Waals surface area contributed by atoms with Crippen molar-refractivity contribution < 1.29 is 4.74 Å². The molecular formula is C18H20ClNO. The van der Waals surface area contributed by atoms with E-state index in [1.165, 1.54) is 18.4 Å². The minimum absolute atomic E-state index is 0.396. The summed E-state index contributed by atoms with van der Waals surface area (Å²) in [5, 5.41) is 4.50. The Labute approximate surface area is 131 Å². The summed E-state index contributed by atoms with van der Waals surface area (Å²) in [5.41, 5.74) is 2.48. The Morgan fingerprint density at radius 1 is 1.14 bits per heavy atom. The van der Waals surface area contributed by atoms with E-state index in [9.17, 15) is 0 Å². The smallest absolute Gasteiger partial charge is 0.118 e. The van der Waals surface area contributed by atoms with Gasteiger partial charge in [0.1, 0.15) is 5.75 Å². The molecule has 3 rings (SSSR count). The third-order valence-corrected chi connectivity index (χ3v) is 4.41. The van der Waals surface area contributed by atoms with Crippen molar-refractivity contribution in [2.75, 3.05) is 7.11 Å². The van der Waals surface area contributed by atoms with Gasteiger partial charge in [0.15, 0.2) is 0 Å². The number of hydrogen-bond donors (Lipinski definition) is 1. The zero-order chi connectivity index (χ0) is 14.7. The van der Waals surface area contributed by atoms with Crippen LogP contribution >= 0.6 is 11.6 Å². The van der Waals surface area contributed by atoms with Crippen LogP contribution in [0.3, 0.4) is 0 Å². The molecule has 0 amide bonds. The fraction of sp³-hybridized carbons (Fsp3) is 0.333. The molecule has 21 heavy (non-hydrogen) atoms. The molecule has 1 saturated carbocycles. The lowest BCUT2D eigenvalue weighted by atomic mass is 10.0. The molecule has 3 heteroatoms. The number of methoxy groups -OCH3 is 1. The van der Waals surface area contributed by atoms with E-state index >= 15 is 0 Å². The van der Waals surface area contributed by atoms with E-state index in [4.69, 9.17) is 16.3 Å². The first-order valence-corrected chi connectivity index (χ1v) is 7.76. The first-order valence-electron chi connectivity index (χ1n) is 7.38. The fourth-order valence-corrected chi connectivity index (χ4v) is 2.86. The molecular weight excluding hydrogens is 282 g/mol. The molecule has 2 aromatic rings. The lowest BCUT2D eigenvalue weighted by molar-refractivity contribution is 0.413. The number of ether oxygens (including phenoxy) is 1. The summed E-state index contributed by atoms with van der Waals surface area (Å²) >= 11 is 6.23. The maximum absolute atomic E-state index is 6.23. The van der Waals surface area contributed by atoms with Gasteiger partial charge in [-0.15, -0.1) is 0 Å². The molecule has 1 N–H and O–H groups in total. The maximum Gasteiger partial charge on any atom is 0.118 e. The van der Waals surface area contributed by atoms with Gasteiger partial charge >= 0.3 is 0 Å². The van der Waals surface area contributed by atoms with Gasteiger partial charge in [-0.25, -0.2) is 0 Å². The van der Waals surface area contributed by atoms with Gasteiger partial charge in [-0.2, -0.15) is 0 Å². The first kappa shape index (κ1) is 14.4. The van der Waals surface area contributed by atoms with Crippen molar-refractivity contribution in [1.29, 1.82) is 0 Å². The van der Waals surface area contributed by atoms with Crippen molar-refractivity contribution in [3.05, 3.63) is 64.7 Å². The minimum atomic E-state index is 0.396. The molecule has 2 aromatic carbocycles. The summed E-state index contributed by atoms with van der Waals surface area (Å²) in [6, 6.07) is 16.8. The van der Waals surface area contributed by atoms with Crippen molar-refractivity contribution in [2.45, 2.75) is 25.4 Å². The van der Waals surface area contributed by atoms with Crippen LogP contribution in [-0.2, 0) is 6.54 Å². The molecule has 0 aliphatic heterocycles. The Kier molecular flexibility index (Phi) is 4.47. The van der Waals surface area contributed by atoms with Crippen molar-refractivity contribution >= 4 is 11.6 Å². The van der Waals surface area contributed by atoms with Crippen LogP contribution in [0.15, 0.2) is 48.5 Å². The molecule has 0 aromatic heterocycles. The van der Waals surface area contributed by atoms with Gasteiger partial charge in [-0.3, -0.25) is 0 Å². The molecule has 0 spiro atoms. The zero-order valence-corrected chi connectivity index (χ0v) is 12.9. The Bertz CT molecular complexity index is 592. The van der Waals surface area contributed by atoms with Crippen molar-refractivity contribution in [3.63, 3.8) is 0 Å². The van der Waals surface area contributed by atoms with E-state index in [1.807, 2.05) is 30.3 Å². The third-order valence-electron chi connectivity index (χ3n) is 4.04. The van der Waals surface area contributed by atoms with Crippen LogP contribution in [-0.4, -0.2) is 7.11 Å². The molecule has 0 bridgehead atoms. The average Bonchev–Trinajstić information content (AvgIpc) is 3.35. The lowest BCUT2D eigenvalue weighted by Gasteiger charge is -2.19. The van der Waals surface area contributed by atoms with E-state index in [-0.39, 0.29) is 0 Å². The molecule has 1 unspecified atom stereocenters. The first-order chi connectivity index (χ1) is 10.3. The molecule has 0 heterocycles. The topological polar surface area (TPSA) is 21.3 Å². The van der Waals surface area contributed by atoms with E-state index in [2.05, 4.69) is 23.5 Å². The monoisotopic (exact) mass is 301 g/mol. The van der Waals surface area contributed by atoms with Gasteiger partial charge in [0.25, 0.3) is 0 Å². The Morgan fingerprint density at radius 3 is 2.48 bits per heavy atom. The van der Waals surface area contributed by atoms with Crippen molar-refractivity contribution in [2.24, 2.45) is 5.92 Å². The second-order valence-corrected chi connectivity index (χ2v) is 5.97. The molecule has 1 aliphatic rings.